The number of anilines is 1. The molecule has 220 valence electrons. The van der Waals surface area contributed by atoms with Gasteiger partial charge in [0.25, 0.3) is 11.6 Å². The molecule has 2 N–H and O–H groups in total. The standard InChI is InChI=1S/C27H27Cl2N7O4S2/c1-5-35-24(23(14(2)3)32-25(38)18-9-8-17(28)11-19(18)29)33-34-27(35)42-13-22(37)31-26-30-20(12-41-26)16-7-6-15(4)21(10-16)36(39)40/h6-12,14,23H,5,13H2,1-4H3,(H,32,38)(H,30,31,37)/t23-/m0/s1. The molecule has 0 bridgehead atoms. The highest BCUT2D eigenvalue weighted by Crippen LogP contribution is 2.30. The van der Waals surface area contributed by atoms with Crippen molar-refractivity contribution >= 4 is 68.9 Å². The Morgan fingerprint density at radius 1 is 1.17 bits per heavy atom. The lowest BCUT2D eigenvalue weighted by molar-refractivity contribution is -0.385. The third kappa shape index (κ3) is 7.27. The predicted molar refractivity (Wildman–Crippen MR) is 165 cm³/mol. The number of nitrogens with zero attached hydrogens (tertiary/aromatic N) is 5. The minimum absolute atomic E-state index is 0.00920. The molecule has 15 heteroatoms. The molecule has 42 heavy (non-hydrogen) atoms. The number of rotatable bonds is 11. The summed E-state index contributed by atoms with van der Waals surface area (Å²) < 4.78 is 1.86. The maximum absolute atomic E-state index is 13.0. The van der Waals surface area contributed by atoms with E-state index in [0.717, 1.165) is 0 Å². The Hall–Kier alpha value is -3.52. The Labute approximate surface area is 260 Å². The normalized spacial score (nSPS) is 11.9. The number of hydrogen-bond donors (Lipinski definition) is 2. The number of aromatic nitrogens is 4. The minimum atomic E-state index is -0.466. The van der Waals surface area contributed by atoms with E-state index in [-0.39, 0.29) is 34.2 Å². The van der Waals surface area contributed by atoms with Crippen molar-refractivity contribution in [2.75, 3.05) is 11.1 Å². The highest BCUT2D eigenvalue weighted by atomic mass is 35.5. The largest absolute Gasteiger partial charge is 0.342 e. The van der Waals surface area contributed by atoms with E-state index in [1.54, 1.807) is 36.6 Å². The first-order valence-corrected chi connectivity index (χ1v) is 15.4. The molecule has 1 atom stereocenters. The van der Waals surface area contributed by atoms with Crippen LogP contribution in [0.3, 0.4) is 0 Å². The molecule has 4 aromatic rings. The van der Waals surface area contributed by atoms with E-state index >= 15 is 0 Å². The summed E-state index contributed by atoms with van der Waals surface area (Å²) in [5.74, 6) is -0.0793. The maximum atomic E-state index is 13.0. The number of nitrogens with one attached hydrogen (secondary N) is 2. The second kappa shape index (κ2) is 13.6. The number of halogens is 2. The van der Waals surface area contributed by atoms with E-state index in [1.807, 2.05) is 25.3 Å². The zero-order valence-corrected chi connectivity index (χ0v) is 26.2. The van der Waals surface area contributed by atoms with Crippen LogP contribution in [-0.4, -0.2) is 42.2 Å². The maximum Gasteiger partial charge on any atom is 0.272 e. The van der Waals surface area contributed by atoms with Crippen molar-refractivity contribution < 1.29 is 14.5 Å². The number of nitro benzene ring substituents is 1. The van der Waals surface area contributed by atoms with Gasteiger partial charge in [-0.15, -0.1) is 21.5 Å². The first kappa shape index (κ1) is 31.4. The monoisotopic (exact) mass is 647 g/mol. The average Bonchev–Trinajstić information content (AvgIpc) is 3.57. The van der Waals surface area contributed by atoms with Crippen LogP contribution in [0.2, 0.25) is 10.0 Å². The minimum Gasteiger partial charge on any atom is -0.342 e. The molecule has 0 saturated carbocycles. The Bertz CT molecular complexity index is 1640. The summed E-state index contributed by atoms with van der Waals surface area (Å²) >= 11 is 14.6. The molecule has 0 radical (unpaired) electrons. The molecule has 0 aliphatic rings. The SMILES string of the molecule is CCn1c(SCC(=O)Nc2nc(-c3ccc(C)c([N+](=O)[O-])c3)cs2)nnc1[C@@H](NC(=O)c1ccc(Cl)cc1Cl)C(C)C. The Morgan fingerprint density at radius 3 is 2.60 bits per heavy atom. The van der Waals surface area contributed by atoms with Crippen LogP contribution >= 0.6 is 46.3 Å². The van der Waals surface area contributed by atoms with Gasteiger partial charge < -0.3 is 15.2 Å². The van der Waals surface area contributed by atoms with Crippen LogP contribution in [0, 0.1) is 23.0 Å². The van der Waals surface area contributed by atoms with Crippen LogP contribution in [0.25, 0.3) is 11.3 Å². The van der Waals surface area contributed by atoms with E-state index in [9.17, 15) is 19.7 Å². The van der Waals surface area contributed by atoms with Gasteiger partial charge in [0, 0.05) is 34.1 Å². The van der Waals surface area contributed by atoms with Crippen LogP contribution in [0.4, 0.5) is 10.8 Å². The number of carbonyl (C=O) groups excluding carboxylic acids is 2. The predicted octanol–water partition coefficient (Wildman–Crippen LogP) is 6.80. The van der Waals surface area contributed by atoms with Gasteiger partial charge in [-0.2, -0.15) is 0 Å². The summed E-state index contributed by atoms with van der Waals surface area (Å²) in [6.45, 7) is 8.04. The van der Waals surface area contributed by atoms with E-state index in [4.69, 9.17) is 23.2 Å². The number of carbonyl (C=O) groups is 2. The molecule has 11 nitrogen and oxygen atoms in total. The van der Waals surface area contributed by atoms with Crippen molar-refractivity contribution in [1.29, 1.82) is 0 Å². The fourth-order valence-corrected chi connectivity index (χ4v) is 6.11. The quantitative estimate of drug-likeness (QED) is 0.103. The van der Waals surface area contributed by atoms with Gasteiger partial charge in [-0.05, 0) is 38.0 Å². The summed E-state index contributed by atoms with van der Waals surface area (Å²) in [5, 5.41) is 29.0. The number of aryl methyl sites for hydroxylation is 1. The highest BCUT2D eigenvalue weighted by Gasteiger charge is 2.27. The van der Waals surface area contributed by atoms with Gasteiger partial charge >= 0.3 is 0 Å². The van der Waals surface area contributed by atoms with Crippen molar-refractivity contribution in [2.45, 2.75) is 45.4 Å². The average molecular weight is 649 g/mol. The van der Waals surface area contributed by atoms with Gasteiger partial charge in [0.2, 0.25) is 5.91 Å². The molecule has 2 heterocycles. The summed E-state index contributed by atoms with van der Waals surface area (Å²) in [6.07, 6.45) is 0. The zero-order valence-electron chi connectivity index (χ0n) is 23.1. The lowest BCUT2D eigenvalue weighted by Gasteiger charge is -2.22. The second-order valence-corrected chi connectivity index (χ2v) is 12.2. The van der Waals surface area contributed by atoms with E-state index in [2.05, 4.69) is 25.8 Å². The van der Waals surface area contributed by atoms with Crippen molar-refractivity contribution in [2.24, 2.45) is 5.92 Å². The van der Waals surface area contributed by atoms with Crippen LogP contribution in [0.5, 0.6) is 0 Å². The number of hydrogen-bond acceptors (Lipinski definition) is 9. The molecule has 0 spiro atoms. The zero-order chi connectivity index (χ0) is 30.6. The summed E-state index contributed by atoms with van der Waals surface area (Å²) in [5.41, 5.74) is 1.98. The number of benzene rings is 2. The highest BCUT2D eigenvalue weighted by molar-refractivity contribution is 7.99. The lowest BCUT2D eigenvalue weighted by Crippen LogP contribution is -2.34. The fourth-order valence-electron chi connectivity index (χ4n) is 4.07. The Balaban J connectivity index is 1.42. The topological polar surface area (TPSA) is 145 Å². The molecule has 2 aromatic heterocycles. The lowest BCUT2D eigenvalue weighted by atomic mass is 10.0. The van der Waals surface area contributed by atoms with Gasteiger partial charge in [-0.1, -0.05) is 60.9 Å². The summed E-state index contributed by atoms with van der Waals surface area (Å²) in [7, 11) is 0. The third-order valence-corrected chi connectivity index (χ3v) is 8.53. The molecule has 2 aromatic carbocycles. The van der Waals surface area contributed by atoms with Crippen LogP contribution < -0.4 is 10.6 Å². The Morgan fingerprint density at radius 2 is 1.93 bits per heavy atom. The molecule has 0 saturated heterocycles. The van der Waals surface area contributed by atoms with Gasteiger partial charge in [0.1, 0.15) is 0 Å². The van der Waals surface area contributed by atoms with Crippen LogP contribution in [-0.2, 0) is 11.3 Å². The number of thioether (sulfide) groups is 1. The van der Waals surface area contributed by atoms with Crippen molar-refractivity contribution in [3.05, 3.63) is 78.9 Å². The summed E-state index contributed by atoms with van der Waals surface area (Å²) in [6, 6.07) is 9.11. The first-order valence-electron chi connectivity index (χ1n) is 12.8. The number of amides is 2. The second-order valence-electron chi connectivity index (χ2n) is 9.54. The summed E-state index contributed by atoms with van der Waals surface area (Å²) in [4.78, 5) is 41.0. The number of nitro groups is 1. The number of thiazole rings is 1. The molecular weight excluding hydrogens is 621 g/mol. The van der Waals surface area contributed by atoms with Crippen molar-refractivity contribution in [3.8, 4) is 11.3 Å². The Kier molecular flexibility index (Phi) is 10.2. The van der Waals surface area contributed by atoms with Crippen LogP contribution in [0.1, 0.15) is 48.6 Å². The van der Waals surface area contributed by atoms with Gasteiger partial charge in [-0.25, -0.2) is 4.98 Å². The molecule has 4 rings (SSSR count). The van der Waals surface area contributed by atoms with Gasteiger partial charge in [-0.3, -0.25) is 19.7 Å². The third-order valence-electron chi connectivity index (χ3n) is 6.25. The van der Waals surface area contributed by atoms with Crippen LogP contribution in [0.15, 0.2) is 46.9 Å². The molecular formula is C27H27Cl2N7O4S2. The smallest absolute Gasteiger partial charge is 0.272 e. The first-order chi connectivity index (χ1) is 20.0. The van der Waals surface area contributed by atoms with E-state index in [1.165, 1.54) is 35.2 Å². The van der Waals surface area contributed by atoms with E-state index in [0.29, 0.717) is 50.1 Å². The molecule has 0 unspecified atom stereocenters. The molecule has 0 fully saturated rings. The van der Waals surface area contributed by atoms with Gasteiger partial charge in [0.05, 0.1) is 33.0 Å². The van der Waals surface area contributed by atoms with E-state index < -0.39 is 11.0 Å². The van der Waals surface area contributed by atoms with Crippen molar-refractivity contribution in [1.82, 2.24) is 25.1 Å². The molecule has 0 aliphatic heterocycles. The fraction of sp³-hybridized carbons (Fsp3) is 0.296. The van der Waals surface area contributed by atoms with Gasteiger partial charge in [0.15, 0.2) is 16.1 Å². The molecule has 0 aliphatic carbocycles. The molecule has 2 amide bonds. The van der Waals surface area contributed by atoms with Crippen molar-refractivity contribution in [3.63, 3.8) is 0 Å².